The highest BCUT2D eigenvalue weighted by Gasteiger charge is 2.01. The Balaban J connectivity index is 1.81. The molecule has 0 aliphatic rings. The molecule has 0 atom stereocenters. The Morgan fingerprint density at radius 3 is 2.50 bits per heavy atom. The molecule has 0 aliphatic heterocycles. The lowest BCUT2D eigenvalue weighted by Crippen LogP contribution is -1.99. The van der Waals surface area contributed by atoms with Crippen LogP contribution in [0.15, 0.2) is 65.1 Å². The normalized spacial score (nSPS) is 10.7. The molecule has 0 heterocycles. The molecule has 2 nitrogen and oxygen atoms in total. The first-order chi connectivity index (χ1) is 9.72. The van der Waals surface area contributed by atoms with Gasteiger partial charge in [0.25, 0.3) is 0 Å². The molecule has 0 aliphatic carbocycles. The summed E-state index contributed by atoms with van der Waals surface area (Å²) in [6.45, 7) is 0.481. The topological polar surface area (TPSA) is 35.2 Å². The summed E-state index contributed by atoms with van der Waals surface area (Å²) in [5.74, 6) is 0.850. The van der Waals surface area contributed by atoms with Crippen molar-refractivity contribution in [2.24, 2.45) is 0 Å². The van der Waals surface area contributed by atoms with Crippen LogP contribution in [-0.2, 0) is 6.61 Å². The number of para-hydroxylation sites is 1. The molecule has 0 bridgehead atoms. The fraction of sp³-hybridized carbons (Fsp3) is 0.0588. The lowest BCUT2D eigenvalue weighted by Gasteiger charge is -2.09. The molecule has 3 aromatic carbocycles. The van der Waals surface area contributed by atoms with Crippen molar-refractivity contribution in [1.82, 2.24) is 0 Å². The predicted molar refractivity (Wildman–Crippen MR) is 86.8 cm³/mol. The Hall–Kier alpha value is -2.00. The second-order valence-electron chi connectivity index (χ2n) is 4.64. The molecule has 0 amide bonds. The van der Waals surface area contributed by atoms with Gasteiger partial charge in [-0.05, 0) is 41.1 Å². The summed E-state index contributed by atoms with van der Waals surface area (Å²) in [6, 6.07) is 20.0. The Kier molecular flexibility index (Phi) is 3.61. The quantitative estimate of drug-likeness (QED) is 0.703. The van der Waals surface area contributed by atoms with E-state index in [1.165, 1.54) is 5.39 Å². The van der Waals surface area contributed by atoms with Crippen LogP contribution in [0.25, 0.3) is 10.8 Å². The van der Waals surface area contributed by atoms with Crippen molar-refractivity contribution in [1.29, 1.82) is 0 Å². The van der Waals surface area contributed by atoms with Gasteiger partial charge in [-0.15, -0.1) is 0 Å². The van der Waals surface area contributed by atoms with Crippen molar-refractivity contribution in [3.05, 3.63) is 70.7 Å². The van der Waals surface area contributed by atoms with Gasteiger partial charge in [-0.1, -0.05) is 46.3 Å². The van der Waals surface area contributed by atoms with Crippen LogP contribution < -0.4 is 10.5 Å². The molecule has 100 valence electrons. The van der Waals surface area contributed by atoms with Gasteiger partial charge in [0.2, 0.25) is 0 Å². The molecule has 0 fully saturated rings. The zero-order chi connectivity index (χ0) is 13.9. The highest BCUT2D eigenvalue weighted by atomic mass is 79.9. The van der Waals surface area contributed by atoms with Gasteiger partial charge in [0, 0.05) is 15.7 Å². The van der Waals surface area contributed by atoms with Crippen molar-refractivity contribution in [3.63, 3.8) is 0 Å². The molecule has 2 N–H and O–H groups in total. The average Bonchev–Trinajstić information content (AvgIpc) is 2.46. The third-order valence-corrected chi connectivity index (χ3v) is 3.72. The van der Waals surface area contributed by atoms with Crippen molar-refractivity contribution < 1.29 is 4.74 Å². The summed E-state index contributed by atoms with van der Waals surface area (Å²) in [7, 11) is 0. The number of hydrogen-bond acceptors (Lipinski definition) is 2. The van der Waals surface area contributed by atoms with Crippen molar-refractivity contribution in [3.8, 4) is 5.75 Å². The van der Waals surface area contributed by atoms with E-state index in [0.717, 1.165) is 26.9 Å². The summed E-state index contributed by atoms with van der Waals surface area (Å²) in [5.41, 5.74) is 7.67. The SMILES string of the molecule is Nc1ccccc1COc1ccc2cc(Br)ccc2c1. The van der Waals surface area contributed by atoms with E-state index in [0.29, 0.717) is 6.61 Å². The Labute approximate surface area is 126 Å². The van der Waals surface area contributed by atoms with E-state index in [9.17, 15) is 0 Å². The van der Waals surface area contributed by atoms with Crippen LogP contribution in [0.4, 0.5) is 5.69 Å². The van der Waals surface area contributed by atoms with Crippen LogP contribution in [0, 0.1) is 0 Å². The number of benzene rings is 3. The third-order valence-electron chi connectivity index (χ3n) is 3.22. The molecule has 3 rings (SSSR count). The van der Waals surface area contributed by atoms with Crippen LogP contribution in [0.1, 0.15) is 5.56 Å². The molecule has 0 aromatic heterocycles. The average molecular weight is 328 g/mol. The molecule has 0 unspecified atom stereocenters. The molecule has 3 heteroatoms. The molecule has 0 saturated heterocycles. The van der Waals surface area contributed by atoms with Crippen LogP contribution in [0.2, 0.25) is 0 Å². The number of anilines is 1. The minimum atomic E-state index is 0.481. The van der Waals surface area contributed by atoms with Crippen LogP contribution in [0.5, 0.6) is 5.75 Å². The largest absolute Gasteiger partial charge is 0.489 e. The number of nitrogen functional groups attached to an aromatic ring is 1. The Morgan fingerprint density at radius 1 is 0.900 bits per heavy atom. The summed E-state index contributed by atoms with van der Waals surface area (Å²) in [6.07, 6.45) is 0. The second-order valence-corrected chi connectivity index (χ2v) is 5.56. The fourth-order valence-corrected chi connectivity index (χ4v) is 2.49. The maximum Gasteiger partial charge on any atom is 0.120 e. The molecule has 0 radical (unpaired) electrons. The number of hydrogen-bond donors (Lipinski definition) is 1. The van der Waals surface area contributed by atoms with Gasteiger partial charge in [0.1, 0.15) is 12.4 Å². The van der Waals surface area contributed by atoms with Gasteiger partial charge in [0.15, 0.2) is 0 Å². The van der Waals surface area contributed by atoms with Crippen molar-refractivity contribution in [2.75, 3.05) is 5.73 Å². The highest BCUT2D eigenvalue weighted by Crippen LogP contribution is 2.25. The number of halogens is 1. The maximum atomic E-state index is 5.91. The number of ether oxygens (including phenoxy) is 1. The zero-order valence-electron chi connectivity index (χ0n) is 10.8. The molecular weight excluding hydrogens is 314 g/mol. The molecule has 0 spiro atoms. The van der Waals surface area contributed by atoms with Gasteiger partial charge < -0.3 is 10.5 Å². The van der Waals surface area contributed by atoms with E-state index < -0.39 is 0 Å². The first-order valence-electron chi connectivity index (χ1n) is 6.38. The lowest BCUT2D eigenvalue weighted by atomic mass is 10.1. The number of rotatable bonds is 3. The van der Waals surface area contributed by atoms with Crippen LogP contribution in [0.3, 0.4) is 0 Å². The number of fused-ring (bicyclic) bond motifs is 1. The minimum absolute atomic E-state index is 0.481. The summed E-state index contributed by atoms with van der Waals surface area (Å²) < 4.78 is 6.90. The lowest BCUT2D eigenvalue weighted by molar-refractivity contribution is 0.307. The van der Waals surface area contributed by atoms with E-state index in [1.54, 1.807) is 0 Å². The van der Waals surface area contributed by atoms with E-state index in [4.69, 9.17) is 10.5 Å². The summed E-state index contributed by atoms with van der Waals surface area (Å²) >= 11 is 3.48. The zero-order valence-corrected chi connectivity index (χ0v) is 12.4. The first-order valence-corrected chi connectivity index (χ1v) is 7.17. The molecule has 0 saturated carbocycles. The predicted octanol–water partition coefficient (Wildman–Crippen LogP) is 4.76. The Morgan fingerprint density at radius 2 is 1.65 bits per heavy atom. The Bertz CT molecular complexity index is 755. The maximum absolute atomic E-state index is 5.91. The summed E-state index contributed by atoms with van der Waals surface area (Å²) in [4.78, 5) is 0. The van der Waals surface area contributed by atoms with Crippen LogP contribution >= 0.6 is 15.9 Å². The highest BCUT2D eigenvalue weighted by molar-refractivity contribution is 9.10. The molecule has 3 aromatic rings. The minimum Gasteiger partial charge on any atom is -0.489 e. The third kappa shape index (κ3) is 2.78. The van der Waals surface area contributed by atoms with Gasteiger partial charge >= 0.3 is 0 Å². The first kappa shape index (κ1) is 13.0. The standard InChI is InChI=1S/C17H14BrNO/c18-15-7-5-13-10-16(8-6-12(13)9-15)20-11-14-3-1-2-4-17(14)19/h1-10H,11,19H2. The van der Waals surface area contributed by atoms with Crippen molar-refractivity contribution in [2.45, 2.75) is 6.61 Å². The van der Waals surface area contributed by atoms with E-state index in [1.807, 2.05) is 42.5 Å². The van der Waals surface area contributed by atoms with E-state index >= 15 is 0 Å². The van der Waals surface area contributed by atoms with E-state index in [2.05, 4.69) is 34.1 Å². The van der Waals surface area contributed by atoms with Gasteiger partial charge in [-0.3, -0.25) is 0 Å². The second kappa shape index (κ2) is 5.55. The summed E-state index contributed by atoms with van der Waals surface area (Å²) in [5, 5.41) is 2.35. The van der Waals surface area contributed by atoms with Gasteiger partial charge in [0.05, 0.1) is 0 Å². The fourth-order valence-electron chi connectivity index (χ4n) is 2.11. The monoisotopic (exact) mass is 327 g/mol. The van der Waals surface area contributed by atoms with E-state index in [-0.39, 0.29) is 0 Å². The molecular formula is C17H14BrNO. The van der Waals surface area contributed by atoms with Gasteiger partial charge in [-0.25, -0.2) is 0 Å². The van der Waals surface area contributed by atoms with Crippen molar-refractivity contribution >= 4 is 32.4 Å². The molecule has 20 heavy (non-hydrogen) atoms. The van der Waals surface area contributed by atoms with Gasteiger partial charge in [-0.2, -0.15) is 0 Å². The smallest absolute Gasteiger partial charge is 0.120 e. The van der Waals surface area contributed by atoms with Crippen LogP contribution in [-0.4, -0.2) is 0 Å². The number of nitrogens with two attached hydrogens (primary N) is 1.